The van der Waals surface area contributed by atoms with Gasteiger partial charge in [-0.1, -0.05) is 68.8 Å². The molecule has 2 N–H and O–H groups in total. The summed E-state index contributed by atoms with van der Waals surface area (Å²) in [6, 6.07) is 13.6. The van der Waals surface area contributed by atoms with Crippen LogP contribution in [0.2, 0.25) is 0 Å². The zero-order chi connectivity index (χ0) is 28.3. The van der Waals surface area contributed by atoms with Crippen molar-refractivity contribution in [2.24, 2.45) is 0 Å². The topological polar surface area (TPSA) is 87.7 Å². The molecule has 208 valence electrons. The maximum absolute atomic E-state index is 14.3. The van der Waals surface area contributed by atoms with E-state index in [1.807, 2.05) is 69.3 Å². The smallest absolute Gasteiger partial charge is 0.408 e. The number of amides is 3. The summed E-state index contributed by atoms with van der Waals surface area (Å²) >= 11 is 0. The lowest BCUT2D eigenvalue weighted by molar-refractivity contribution is -0.142. The van der Waals surface area contributed by atoms with Crippen molar-refractivity contribution < 1.29 is 19.1 Å². The summed E-state index contributed by atoms with van der Waals surface area (Å²) in [6.07, 6.45) is 2.06. The highest BCUT2D eigenvalue weighted by Crippen LogP contribution is 2.28. The van der Waals surface area contributed by atoms with E-state index >= 15 is 0 Å². The molecule has 0 saturated carbocycles. The molecule has 0 heterocycles. The van der Waals surface area contributed by atoms with Crippen molar-refractivity contribution in [2.45, 2.75) is 91.8 Å². The van der Waals surface area contributed by atoms with Crippen LogP contribution in [0.25, 0.3) is 0 Å². The van der Waals surface area contributed by atoms with E-state index in [-0.39, 0.29) is 18.2 Å². The number of hydrogen-bond acceptors (Lipinski definition) is 4. The predicted octanol–water partition coefficient (Wildman–Crippen LogP) is 5.64. The monoisotopic (exact) mass is 523 g/mol. The number of nitrogens with zero attached hydrogens (tertiary/aromatic N) is 1. The number of nitrogens with one attached hydrogen (secondary N) is 2. The minimum absolute atomic E-state index is 0.218. The molecule has 2 aromatic carbocycles. The molecule has 7 heteroatoms. The number of carbonyl (C=O) groups is 3. The Balaban J connectivity index is 2.53. The predicted molar refractivity (Wildman–Crippen MR) is 152 cm³/mol. The summed E-state index contributed by atoms with van der Waals surface area (Å²) in [7, 11) is 0. The number of alkyl carbamates (subject to hydrolysis) is 1. The minimum atomic E-state index is -0.908. The van der Waals surface area contributed by atoms with Gasteiger partial charge in [0, 0.05) is 19.5 Å². The molecule has 0 spiro atoms. The van der Waals surface area contributed by atoms with Crippen LogP contribution < -0.4 is 10.6 Å². The number of rotatable bonds is 12. The van der Waals surface area contributed by atoms with Gasteiger partial charge in [0.1, 0.15) is 17.7 Å². The second-order valence-corrected chi connectivity index (χ2v) is 10.8. The molecule has 7 nitrogen and oxygen atoms in total. The van der Waals surface area contributed by atoms with Crippen molar-refractivity contribution in [1.82, 2.24) is 15.5 Å². The van der Waals surface area contributed by atoms with Crippen LogP contribution in [-0.2, 0) is 20.7 Å². The fourth-order valence-electron chi connectivity index (χ4n) is 4.31. The van der Waals surface area contributed by atoms with E-state index in [9.17, 15) is 14.4 Å². The van der Waals surface area contributed by atoms with Gasteiger partial charge in [0.05, 0.1) is 0 Å². The van der Waals surface area contributed by atoms with Crippen molar-refractivity contribution in [3.05, 3.63) is 70.8 Å². The highest BCUT2D eigenvalue weighted by molar-refractivity contribution is 5.92. The van der Waals surface area contributed by atoms with Crippen molar-refractivity contribution in [3.63, 3.8) is 0 Å². The van der Waals surface area contributed by atoms with Crippen molar-refractivity contribution in [3.8, 4) is 0 Å². The first-order chi connectivity index (χ1) is 18.0. The lowest BCUT2D eigenvalue weighted by Crippen LogP contribution is -2.54. The second kappa shape index (κ2) is 14.6. The Bertz CT molecular complexity index is 1060. The molecule has 3 amide bonds. The third kappa shape index (κ3) is 9.19. The van der Waals surface area contributed by atoms with Gasteiger partial charge in [-0.15, -0.1) is 0 Å². The van der Waals surface area contributed by atoms with E-state index in [0.29, 0.717) is 19.5 Å². The number of unbranched alkanes of at least 4 members (excludes halogenated alkanes) is 1. The Kier molecular flexibility index (Phi) is 11.8. The minimum Gasteiger partial charge on any atom is -0.444 e. The van der Waals surface area contributed by atoms with Crippen molar-refractivity contribution in [1.29, 1.82) is 0 Å². The van der Waals surface area contributed by atoms with E-state index in [1.54, 1.807) is 25.7 Å². The quantitative estimate of drug-likeness (QED) is 0.353. The number of benzene rings is 2. The zero-order valence-electron chi connectivity index (χ0n) is 24.1. The first-order valence-corrected chi connectivity index (χ1v) is 13.7. The molecule has 38 heavy (non-hydrogen) atoms. The molecule has 0 fully saturated rings. The average Bonchev–Trinajstić information content (AvgIpc) is 2.85. The molecule has 0 aliphatic heterocycles. The maximum Gasteiger partial charge on any atom is 0.408 e. The SMILES string of the molecule is CCCCNC(=O)C(c1cccc(C)c1C)N(CCC)C(=O)C(Cc1ccccc1)NC(=O)OC(C)(C)C. The molecule has 0 bridgehead atoms. The molecule has 2 rings (SSSR count). The number of carbonyl (C=O) groups excluding carboxylic acids is 3. The van der Waals surface area contributed by atoms with Crippen LogP contribution in [0.4, 0.5) is 4.79 Å². The molecule has 0 radical (unpaired) electrons. The molecule has 2 atom stereocenters. The largest absolute Gasteiger partial charge is 0.444 e. The Morgan fingerprint density at radius 2 is 1.63 bits per heavy atom. The Hall–Kier alpha value is -3.35. The summed E-state index contributed by atoms with van der Waals surface area (Å²) in [6.45, 7) is 14.3. The summed E-state index contributed by atoms with van der Waals surface area (Å²) in [5.74, 6) is -0.539. The first kappa shape index (κ1) is 30.9. The molecular formula is C31H45N3O4. The van der Waals surface area contributed by atoms with Gasteiger partial charge in [-0.3, -0.25) is 9.59 Å². The Morgan fingerprint density at radius 3 is 2.24 bits per heavy atom. The number of ether oxygens (including phenoxy) is 1. The molecule has 0 saturated heterocycles. The normalized spacial score (nSPS) is 12.8. The van der Waals surface area contributed by atoms with Crippen LogP contribution in [0.1, 0.15) is 82.2 Å². The molecule has 0 aliphatic carbocycles. The van der Waals surface area contributed by atoms with E-state index in [0.717, 1.165) is 35.1 Å². The van der Waals surface area contributed by atoms with Gasteiger partial charge in [0.2, 0.25) is 11.8 Å². The maximum atomic E-state index is 14.3. The third-order valence-corrected chi connectivity index (χ3v) is 6.35. The Labute approximate surface area is 228 Å². The Morgan fingerprint density at radius 1 is 0.947 bits per heavy atom. The van der Waals surface area contributed by atoms with Gasteiger partial charge in [0.25, 0.3) is 0 Å². The fraction of sp³-hybridized carbons (Fsp3) is 0.516. The third-order valence-electron chi connectivity index (χ3n) is 6.35. The number of aryl methyl sites for hydroxylation is 1. The van der Waals surface area contributed by atoms with Crippen LogP contribution in [0.3, 0.4) is 0 Å². The van der Waals surface area contributed by atoms with E-state index in [2.05, 4.69) is 17.6 Å². The first-order valence-electron chi connectivity index (χ1n) is 13.7. The molecule has 0 aromatic heterocycles. The van der Waals surface area contributed by atoms with E-state index in [4.69, 9.17) is 4.74 Å². The van der Waals surface area contributed by atoms with Crippen LogP contribution in [0.5, 0.6) is 0 Å². The standard InChI is InChI=1S/C31H45N3O4/c1-8-10-19-32-28(35)27(25-18-14-15-22(3)23(25)4)34(20-9-2)29(36)26(21-24-16-12-11-13-17-24)33-30(37)38-31(5,6)7/h11-18,26-27H,8-10,19-21H2,1-7H3,(H,32,35)(H,33,37). The van der Waals surface area contributed by atoms with Gasteiger partial charge in [-0.25, -0.2) is 4.79 Å². The molecule has 2 unspecified atom stereocenters. The second-order valence-electron chi connectivity index (χ2n) is 10.8. The van der Waals surface area contributed by atoms with Gasteiger partial charge >= 0.3 is 6.09 Å². The summed E-state index contributed by atoms with van der Waals surface area (Å²) in [5.41, 5.74) is 2.99. The molecule has 2 aromatic rings. The van der Waals surface area contributed by atoms with Crippen LogP contribution in [0.15, 0.2) is 48.5 Å². The van der Waals surface area contributed by atoms with Crippen LogP contribution in [-0.4, -0.2) is 47.5 Å². The lowest BCUT2D eigenvalue weighted by Gasteiger charge is -2.35. The van der Waals surface area contributed by atoms with Crippen LogP contribution in [0, 0.1) is 13.8 Å². The van der Waals surface area contributed by atoms with Gasteiger partial charge in [-0.2, -0.15) is 0 Å². The van der Waals surface area contributed by atoms with Crippen LogP contribution >= 0.6 is 0 Å². The average molecular weight is 524 g/mol. The highest BCUT2D eigenvalue weighted by atomic mass is 16.6. The van der Waals surface area contributed by atoms with Gasteiger partial charge in [-0.05, 0) is 69.7 Å². The van der Waals surface area contributed by atoms with E-state index < -0.39 is 23.8 Å². The van der Waals surface area contributed by atoms with Gasteiger partial charge in [0.15, 0.2) is 0 Å². The summed E-state index contributed by atoms with van der Waals surface area (Å²) in [5, 5.41) is 5.84. The van der Waals surface area contributed by atoms with E-state index in [1.165, 1.54) is 0 Å². The fourth-order valence-corrected chi connectivity index (χ4v) is 4.31. The summed E-state index contributed by atoms with van der Waals surface area (Å²) in [4.78, 5) is 42.4. The molecule has 0 aliphatic rings. The molecular weight excluding hydrogens is 478 g/mol. The highest BCUT2D eigenvalue weighted by Gasteiger charge is 2.36. The summed E-state index contributed by atoms with van der Waals surface area (Å²) < 4.78 is 5.49. The van der Waals surface area contributed by atoms with Crippen molar-refractivity contribution in [2.75, 3.05) is 13.1 Å². The van der Waals surface area contributed by atoms with Crippen molar-refractivity contribution >= 4 is 17.9 Å². The number of hydrogen-bond donors (Lipinski definition) is 2. The zero-order valence-corrected chi connectivity index (χ0v) is 24.1. The van der Waals surface area contributed by atoms with Gasteiger partial charge < -0.3 is 20.3 Å². The lowest BCUT2D eigenvalue weighted by atomic mass is 9.94.